The van der Waals surface area contributed by atoms with Crippen molar-refractivity contribution in [2.75, 3.05) is 7.11 Å². The topological polar surface area (TPSA) is 9.23 Å². The standard InChI is InChI=1S/C7H7O.Na/c1-8-7-5-3-2-4-6-7;/h2-3,5-6H,1H3;/q-1;+1. The zero-order chi connectivity index (χ0) is 5.82. The summed E-state index contributed by atoms with van der Waals surface area (Å²) in [6.07, 6.45) is 0. The van der Waals surface area contributed by atoms with Crippen molar-refractivity contribution in [2.24, 2.45) is 0 Å². The van der Waals surface area contributed by atoms with Gasteiger partial charge in [-0.25, -0.2) is 0 Å². The molecule has 1 aromatic carbocycles. The molecule has 0 saturated carbocycles. The Balaban J connectivity index is 0.000000640. The number of hydrogen-bond donors (Lipinski definition) is 0. The van der Waals surface area contributed by atoms with Crippen molar-refractivity contribution in [1.29, 1.82) is 0 Å². The summed E-state index contributed by atoms with van der Waals surface area (Å²) in [6, 6.07) is 10.3. The second-order valence-corrected chi connectivity index (χ2v) is 1.44. The molecular weight excluding hydrogens is 123 g/mol. The van der Waals surface area contributed by atoms with E-state index in [0.717, 1.165) is 5.75 Å². The first-order valence-corrected chi connectivity index (χ1v) is 2.43. The van der Waals surface area contributed by atoms with Gasteiger partial charge in [-0.1, -0.05) is 0 Å². The first-order chi connectivity index (χ1) is 3.93. The van der Waals surface area contributed by atoms with Gasteiger partial charge in [0.1, 0.15) is 0 Å². The van der Waals surface area contributed by atoms with Crippen LogP contribution < -0.4 is 34.3 Å². The van der Waals surface area contributed by atoms with Gasteiger partial charge in [0.15, 0.2) is 0 Å². The van der Waals surface area contributed by atoms with E-state index in [-0.39, 0.29) is 29.6 Å². The van der Waals surface area contributed by atoms with Gasteiger partial charge in [0, 0.05) is 5.75 Å². The van der Waals surface area contributed by atoms with E-state index in [4.69, 9.17) is 4.74 Å². The van der Waals surface area contributed by atoms with Gasteiger partial charge in [-0.3, -0.25) is 0 Å². The Morgan fingerprint density at radius 2 is 2.33 bits per heavy atom. The van der Waals surface area contributed by atoms with Crippen LogP contribution in [0.4, 0.5) is 0 Å². The number of benzene rings is 1. The van der Waals surface area contributed by atoms with Gasteiger partial charge in [-0.05, 0) is 0 Å². The molecule has 0 atom stereocenters. The Labute approximate surface area is 77.3 Å². The second-order valence-electron chi connectivity index (χ2n) is 1.44. The van der Waals surface area contributed by atoms with Crippen LogP contribution in [0.15, 0.2) is 24.3 Å². The van der Waals surface area contributed by atoms with E-state index in [2.05, 4.69) is 6.07 Å². The van der Waals surface area contributed by atoms with Crippen LogP contribution in [-0.2, 0) is 0 Å². The first-order valence-electron chi connectivity index (χ1n) is 2.43. The third kappa shape index (κ3) is 2.89. The molecule has 0 aliphatic carbocycles. The quantitative estimate of drug-likeness (QED) is 0.332. The molecule has 1 aromatic rings. The van der Waals surface area contributed by atoms with Gasteiger partial charge in [-0.15, -0.1) is 12.1 Å². The smallest absolute Gasteiger partial charge is 0.554 e. The van der Waals surface area contributed by atoms with Crippen LogP contribution in [0.5, 0.6) is 5.75 Å². The summed E-state index contributed by atoms with van der Waals surface area (Å²) in [5.74, 6) is 0.854. The molecule has 0 N–H and O–H groups in total. The molecule has 0 radical (unpaired) electrons. The summed E-state index contributed by atoms with van der Waals surface area (Å²) in [7, 11) is 1.64. The molecule has 1 nitrogen and oxygen atoms in total. The minimum absolute atomic E-state index is 0. The van der Waals surface area contributed by atoms with Gasteiger partial charge in [0.2, 0.25) is 0 Å². The van der Waals surface area contributed by atoms with Crippen molar-refractivity contribution in [3.05, 3.63) is 30.3 Å². The van der Waals surface area contributed by atoms with Crippen molar-refractivity contribution >= 4 is 0 Å². The van der Waals surface area contributed by atoms with Gasteiger partial charge in [-0.2, -0.15) is 18.2 Å². The van der Waals surface area contributed by atoms with E-state index in [1.807, 2.05) is 18.2 Å². The molecule has 0 aliphatic heterocycles. The van der Waals surface area contributed by atoms with E-state index in [1.165, 1.54) is 0 Å². The van der Waals surface area contributed by atoms with Crippen LogP contribution in [0.1, 0.15) is 0 Å². The Bertz CT molecular complexity index is 150. The van der Waals surface area contributed by atoms with Crippen molar-refractivity contribution < 1.29 is 34.3 Å². The largest absolute Gasteiger partial charge is 1.00 e. The van der Waals surface area contributed by atoms with Crippen LogP contribution in [0.3, 0.4) is 0 Å². The third-order valence-corrected chi connectivity index (χ3v) is 0.914. The molecule has 0 aromatic heterocycles. The second kappa shape index (κ2) is 4.86. The number of rotatable bonds is 1. The molecule has 0 bridgehead atoms. The Morgan fingerprint density at radius 1 is 1.56 bits per heavy atom. The molecule has 0 spiro atoms. The normalized spacial score (nSPS) is 7.67. The molecule has 42 valence electrons. The minimum Gasteiger partial charge on any atom is -0.554 e. The maximum atomic E-state index is 4.88. The fraction of sp³-hybridized carbons (Fsp3) is 0.143. The van der Waals surface area contributed by atoms with Crippen molar-refractivity contribution in [1.82, 2.24) is 0 Å². The van der Waals surface area contributed by atoms with Gasteiger partial charge < -0.3 is 4.74 Å². The van der Waals surface area contributed by atoms with E-state index in [0.29, 0.717) is 0 Å². The first kappa shape index (κ1) is 9.02. The summed E-state index contributed by atoms with van der Waals surface area (Å²) < 4.78 is 4.88. The third-order valence-electron chi connectivity index (χ3n) is 0.914. The van der Waals surface area contributed by atoms with Crippen LogP contribution >= 0.6 is 0 Å². The SMILES string of the molecule is COc1c[c-]ccc1.[Na+]. The van der Waals surface area contributed by atoms with E-state index in [9.17, 15) is 0 Å². The summed E-state index contributed by atoms with van der Waals surface area (Å²) in [4.78, 5) is 0. The van der Waals surface area contributed by atoms with Crippen molar-refractivity contribution in [3.63, 3.8) is 0 Å². The van der Waals surface area contributed by atoms with Crippen LogP contribution in [0.2, 0.25) is 0 Å². The number of hydrogen-bond acceptors (Lipinski definition) is 1. The van der Waals surface area contributed by atoms with Crippen LogP contribution in [0.25, 0.3) is 0 Å². The van der Waals surface area contributed by atoms with E-state index < -0.39 is 0 Å². The van der Waals surface area contributed by atoms with Crippen LogP contribution in [0, 0.1) is 6.07 Å². The number of ether oxygens (including phenoxy) is 1. The Hall–Kier alpha value is 0.0200. The van der Waals surface area contributed by atoms with Gasteiger partial charge in [0.25, 0.3) is 0 Å². The molecule has 0 fully saturated rings. The molecule has 0 amide bonds. The fourth-order valence-electron chi connectivity index (χ4n) is 0.504. The maximum absolute atomic E-state index is 4.88. The molecule has 0 saturated heterocycles. The predicted octanol–water partition coefficient (Wildman–Crippen LogP) is -1.50. The Morgan fingerprint density at radius 3 is 2.67 bits per heavy atom. The van der Waals surface area contributed by atoms with E-state index >= 15 is 0 Å². The van der Waals surface area contributed by atoms with E-state index in [1.54, 1.807) is 13.2 Å². The summed E-state index contributed by atoms with van der Waals surface area (Å²) in [6.45, 7) is 0. The molecule has 1 rings (SSSR count). The Kier molecular flexibility index (Phi) is 4.87. The number of methoxy groups -OCH3 is 1. The van der Waals surface area contributed by atoms with Crippen molar-refractivity contribution in [3.8, 4) is 5.75 Å². The molecular formula is C7H7NaO. The van der Waals surface area contributed by atoms with Gasteiger partial charge in [0.05, 0.1) is 7.11 Å². The van der Waals surface area contributed by atoms with Crippen LogP contribution in [-0.4, -0.2) is 7.11 Å². The fourth-order valence-corrected chi connectivity index (χ4v) is 0.504. The summed E-state index contributed by atoms with van der Waals surface area (Å²) >= 11 is 0. The van der Waals surface area contributed by atoms with Gasteiger partial charge >= 0.3 is 29.6 Å². The zero-order valence-corrected chi connectivity index (χ0v) is 7.72. The van der Waals surface area contributed by atoms with Crippen molar-refractivity contribution in [2.45, 2.75) is 0 Å². The maximum Gasteiger partial charge on any atom is 1.00 e. The minimum atomic E-state index is 0. The average Bonchev–Trinajstić information content (AvgIpc) is 1.90. The molecule has 9 heavy (non-hydrogen) atoms. The molecule has 0 unspecified atom stereocenters. The summed E-state index contributed by atoms with van der Waals surface area (Å²) in [5.41, 5.74) is 0. The molecule has 0 heterocycles. The predicted molar refractivity (Wildman–Crippen MR) is 31.8 cm³/mol. The monoisotopic (exact) mass is 130 g/mol. The average molecular weight is 130 g/mol. The molecule has 0 aliphatic rings. The summed E-state index contributed by atoms with van der Waals surface area (Å²) in [5, 5.41) is 0. The molecule has 2 heteroatoms. The zero-order valence-electron chi connectivity index (χ0n) is 5.72.